The largest absolute Gasteiger partial charge is 0.508 e. The fourth-order valence-corrected chi connectivity index (χ4v) is 13.6. The van der Waals surface area contributed by atoms with E-state index in [0.717, 1.165) is 133 Å². The first-order valence-electron chi connectivity index (χ1n) is 27.7. The maximum atomic E-state index is 17.3. The van der Waals surface area contributed by atoms with E-state index in [1.54, 1.807) is 18.3 Å². The summed E-state index contributed by atoms with van der Waals surface area (Å²) in [6.45, 7) is 10.5. The average molecular weight is 1040 g/mol. The number of benzene rings is 3. The highest BCUT2D eigenvalue weighted by Crippen LogP contribution is 2.48. The molecule has 6 aromatic rings. The first-order valence-corrected chi connectivity index (χ1v) is 27.7. The molecular formula is C58H66F2N10O6. The van der Waals surface area contributed by atoms with Crippen molar-refractivity contribution in [2.24, 2.45) is 18.4 Å². The molecule has 16 nitrogen and oxygen atoms in total. The van der Waals surface area contributed by atoms with Crippen LogP contribution >= 0.6 is 0 Å². The number of carbonyl (C=O) groups is 3. The Morgan fingerprint density at radius 2 is 1.74 bits per heavy atom. The van der Waals surface area contributed by atoms with Crippen LogP contribution in [0.25, 0.3) is 43.8 Å². The van der Waals surface area contributed by atoms with Gasteiger partial charge < -0.3 is 29.3 Å². The number of aryl methyl sites for hydroxylation is 2. The van der Waals surface area contributed by atoms with Gasteiger partial charge in [-0.3, -0.25) is 34.3 Å². The Hall–Kier alpha value is -6.37. The number of rotatable bonds is 12. The summed E-state index contributed by atoms with van der Waals surface area (Å²) < 4.78 is 47.0. The van der Waals surface area contributed by atoms with Crippen molar-refractivity contribution in [1.82, 2.24) is 44.7 Å². The molecule has 18 heteroatoms. The molecule has 3 aromatic carbocycles. The number of pyridine rings is 1. The Kier molecular flexibility index (Phi) is 12.5. The van der Waals surface area contributed by atoms with Gasteiger partial charge in [0.05, 0.1) is 41.3 Å². The summed E-state index contributed by atoms with van der Waals surface area (Å²) in [7, 11) is 1.90. The van der Waals surface area contributed by atoms with E-state index in [-0.39, 0.29) is 51.7 Å². The molecule has 76 heavy (non-hydrogen) atoms. The van der Waals surface area contributed by atoms with Crippen LogP contribution in [0.5, 0.6) is 11.8 Å². The van der Waals surface area contributed by atoms with E-state index in [4.69, 9.17) is 24.5 Å². The van der Waals surface area contributed by atoms with Crippen molar-refractivity contribution in [3.8, 4) is 23.0 Å². The molecule has 0 bridgehead atoms. The van der Waals surface area contributed by atoms with E-state index in [0.29, 0.717) is 83.4 Å². The number of likely N-dealkylation sites (tertiary alicyclic amines) is 1. The SMILES string of the molecule is CCc1c(F)ccc2cc(O)cc(-c3ncc4c(N5CCCC6(CCO6)C5)nc(OCC5(CN6CCN(C7CC(C(=O)N8CCC(c9ccc%10c(C%11CCC(=O)NC%11=O)nn(C)c%10c9)CC8)C7)CC6)CC5)nc4c3F)c12. The summed E-state index contributed by atoms with van der Waals surface area (Å²) >= 11 is 0. The number of hydrogen-bond donors (Lipinski definition) is 2. The molecule has 2 saturated carbocycles. The Morgan fingerprint density at radius 3 is 2.47 bits per heavy atom. The van der Waals surface area contributed by atoms with E-state index in [9.17, 15) is 19.5 Å². The molecule has 7 fully saturated rings. The predicted molar refractivity (Wildman–Crippen MR) is 282 cm³/mol. The number of anilines is 1. The van der Waals surface area contributed by atoms with Crippen LogP contribution < -0.4 is 15.0 Å². The summed E-state index contributed by atoms with van der Waals surface area (Å²) in [4.78, 5) is 61.9. The number of carbonyl (C=O) groups excluding carboxylic acids is 3. The van der Waals surface area contributed by atoms with Gasteiger partial charge in [-0.1, -0.05) is 25.1 Å². The van der Waals surface area contributed by atoms with Gasteiger partial charge in [-0.05, 0) is 116 Å². The molecule has 5 aliphatic heterocycles. The second kappa shape index (κ2) is 19.3. The molecule has 2 atom stereocenters. The molecule has 8 heterocycles. The van der Waals surface area contributed by atoms with Crippen molar-refractivity contribution in [3.05, 3.63) is 77.1 Å². The van der Waals surface area contributed by atoms with E-state index in [1.165, 1.54) is 17.7 Å². The second-order valence-electron chi connectivity index (χ2n) is 23.1. The second-order valence-corrected chi connectivity index (χ2v) is 23.1. The molecule has 3 amide bonds. The predicted octanol–water partition coefficient (Wildman–Crippen LogP) is 7.52. The molecule has 7 aliphatic rings. The van der Waals surface area contributed by atoms with Crippen LogP contribution in [0.15, 0.2) is 48.7 Å². The number of piperazine rings is 1. The maximum Gasteiger partial charge on any atom is 0.319 e. The quantitative estimate of drug-likeness (QED) is 0.116. The van der Waals surface area contributed by atoms with Crippen molar-refractivity contribution in [2.45, 2.75) is 107 Å². The van der Waals surface area contributed by atoms with Gasteiger partial charge in [-0.25, -0.2) is 8.78 Å². The van der Waals surface area contributed by atoms with E-state index in [1.807, 2.05) is 18.7 Å². The smallest absolute Gasteiger partial charge is 0.319 e. The minimum absolute atomic E-state index is 0.0252. The zero-order chi connectivity index (χ0) is 52.0. The summed E-state index contributed by atoms with van der Waals surface area (Å²) in [5.41, 5.74) is 3.38. The third-order valence-corrected chi connectivity index (χ3v) is 18.4. The van der Waals surface area contributed by atoms with Gasteiger partial charge in [-0.15, -0.1) is 0 Å². The standard InChI is InChI=1S/C58H66F2N10O6/c1-3-40-45(59)9-6-36-27-39(71)29-43(48(36)40)51-49(60)52-44(30-61-51)53(70-17-4-13-58(32-70)16-24-76-58)64-56(63-52)75-33-57(14-15-57)31-67-20-22-68(23-21-67)38-25-37(26-38)55(74)69-18-11-34(12-19-69)35-5-7-41-46(28-35)66(2)65-50(41)42-8-10-47(72)62-54(42)73/h5-7,9,27-30,34,37-38,42,71H,3-4,8,10-26,31-33H2,1-2H3,(H,62,72,73). The number of imide groups is 1. The van der Waals surface area contributed by atoms with Crippen LogP contribution in [-0.2, 0) is 32.6 Å². The summed E-state index contributed by atoms with van der Waals surface area (Å²) in [6, 6.07) is 12.9. The first kappa shape index (κ1) is 49.2. The monoisotopic (exact) mass is 1040 g/mol. The highest BCUT2D eigenvalue weighted by atomic mass is 19.1. The van der Waals surface area contributed by atoms with Crippen LogP contribution in [0.1, 0.15) is 106 Å². The van der Waals surface area contributed by atoms with Gasteiger partial charge >= 0.3 is 6.01 Å². The number of nitrogens with one attached hydrogen (secondary N) is 1. The fourth-order valence-electron chi connectivity index (χ4n) is 13.6. The minimum atomic E-state index is -0.681. The van der Waals surface area contributed by atoms with Crippen LogP contribution in [0, 0.1) is 23.0 Å². The zero-order valence-corrected chi connectivity index (χ0v) is 43.5. The third kappa shape index (κ3) is 8.90. The lowest BCUT2D eigenvalue weighted by Gasteiger charge is -2.48. The van der Waals surface area contributed by atoms with Gasteiger partial charge in [0.2, 0.25) is 17.7 Å². The number of phenolic OH excluding ortho intramolecular Hbond substituents is 1. The van der Waals surface area contributed by atoms with Gasteiger partial charge in [0.1, 0.15) is 28.6 Å². The molecule has 2 aliphatic carbocycles. The average Bonchev–Trinajstić information content (AvgIpc) is 4.12. The lowest BCUT2D eigenvalue weighted by atomic mass is 9.77. The summed E-state index contributed by atoms with van der Waals surface area (Å²) in [6.07, 6.45) is 11.2. The molecule has 5 saturated heterocycles. The number of hydrogen-bond acceptors (Lipinski definition) is 13. The third-order valence-electron chi connectivity index (χ3n) is 18.4. The highest BCUT2D eigenvalue weighted by Gasteiger charge is 2.47. The van der Waals surface area contributed by atoms with Crippen LogP contribution in [0.3, 0.4) is 0 Å². The normalized spacial score (nSPS) is 25.3. The number of aromatic nitrogens is 5. The van der Waals surface area contributed by atoms with Crippen LogP contribution in [0.4, 0.5) is 14.6 Å². The lowest BCUT2D eigenvalue weighted by Crippen LogP contribution is -2.57. The Morgan fingerprint density at radius 1 is 0.934 bits per heavy atom. The van der Waals surface area contributed by atoms with Gasteiger partial charge in [0.15, 0.2) is 5.82 Å². The van der Waals surface area contributed by atoms with Crippen molar-refractivity contribution in [2.75, 3.05) is 77.0 Å². The molecule has 2 N–H and O–H groups in total. The van der Waals surface area contributed by atoms with Gasteiger partial charge in [-0.2, -0.15) is 15.1 Å². The maximum absolute atomic E-state index is 17.3. The van der Waals surface area contributed by atoms with Gasteiger partial charge in [0.25, 0.3) is 0 Å². The number of ether oxygens (including phenoxy) is 2. The molecule has 3 aromatic heterocycles. The Bertz CT molecular complexity index is 3300. The number of phenols is 1. The first-order chi connectivity index (χ1) is 36.8. The number of fused-ring (bicyclic) bond motifs is 3. The summed E-state index contributed by atoms with van der Waals surface area (Å²) in [5, 5.41) is 20.5. The van der Waals surface area contributed by atoms with Crippen LogP contribution in [-0.4, -0.2) is 146 Å². The molecule has 13 rings (SSSR count). The molecule has 0 radical (unpaired) electrons. The van der Waals surface area contributed by atoms with Crippen molar-refractivity contribution in [3.63, 3.8) is 0 Å². The lowest BCUT2D eigenvalue weighted by molar-refractivity contribution is -0.151. The van der Waals surface area contributed by atoms with Crippen molar-refractivity contribution in [1.29, 1.82) is 0 Å². The minimum Gasteiger partial charge on any atom is -0.508 e. The number of nitrogens with zero attached hydrogens (tertiary/aromatic N) is 9. The molecular weight excluding hydrogens is 971 g/mol. The number of aromatic hydroxyl groups is 1. The highest BCUT2D eigenvalue weighted by molar-refractivity contribution is 6.03. The zero-order valence-electron chi connectivity index (χ0n) is 43.5. The van der Waals surface area contributed by atoms with E-state index < -0.39 is 17.6 Å². The summed E-state index contributed by atoms with van der Waals surface area (Å²) in [5.74, 6) is -0.829. The number of piperidine rings is 3. The van der Waals surface area contributed by atoms with E-state index >= 15 is 8.78 Å². The topological polar surface area (TPSA) is 171 Å². The Balaban J connectivity index is 0.628. The molecule has 1 spiro atoms. The fraction of sp³-hybridized carbons (Fsp3) is 0.534. The molecule has 398 valence electrons. The Labute approximate surface area is 440 Å². The van der Waals surface area contributed by atoms with Crippen LogP contribution in [0.2, 0.25) is 0 Å². The van der Waals surface area contributed by atoms with E-state index in [2.05, 4.69) is 48.1 Å². The number of amides is 3. The van der Waals surface area contributed by atoms with Crippen molar-refractivity contribution >= 4 is 56.1 Å². The molecule has 2 unspecified atom stereocenters. The van der Waals surface area contributed by atoms with Crippen molar-refractivity contribution < 1.29 is 37.7 Å². The van der Waals surface area contributed by atoms with Gasteiger partial charge in [0, 0.05) is 113 Å². The number of halogens is 2.